The summed E-state index contributed by atoms with van der Waals surface area (Å²) >= 11 is 5.97. The Hall–Kier alpha value is 0.210. The summed E-state index contributed by atoms with van der Waals surface area (Å²) in [6.45, 7) is 4.73. The Kier molecular flexibility index (Phi) is 2.23. The van der Waals surface area contributed by atoms with Crippen LogP contribution in [-0.4, -0.2) is 27.7 Å². The molecule has 0 aromatic carbocycles. The number of hydrogen-bond donors (Lipinski definition) is 1. The third kappa shape index (κ3) is 0.865. The van der Waals surface area contributed by atoms with Crippen LogP contribution in [0, 0.1) is 0 Å². The number of nitrogens with zero attached hydrogens (tertiary/aromatic N) is 1. The lowest BCUT2D eigenvalue weighted by Crippen LogP contribution is -2.66. The van der Waals surface area contributed by atoms with E-state index >= 15 is 0 Å². The summed E-state index contributed by atoms with van der Waals surface area (Å²) < 4.78 is 0. The Morgan fingerprint density at radius 1 is 1.60 bits per heavy atom. The number of rotatable bonds is 2. The fraction of sp³-hybridized carbons (Fsp3) is 1.00. The van der Waals surface area contributed by atoms with Crippen LogP contribution < -0.4 is 0 Å². The maximum absolute atomic E-state index is 9.28. The molecule has 1 fully saturated rings. The summed E-state index contributed by atoms with van der Waals surface area (Å²) in [6, 6.07) is 0. The minimum Gasteiger partial charge on any atom is -0.313 e. The molecule has 1 heterocycles. The molecule has 0 spiro atoms. The van der Waals surface area contributed by atoms with Gasteiger partial charge in [0.05, 0.1) is 10.9 Å². The first-order valence-electron chi connectivity index (χ1n) is 3.78. The molecular formula is C7H14ClNO. The molecule has 1 aliphatic heterocycles. The summed E-state index contributed by atoms with van der Waals surface area (Å²) in [4.78, 5) is 0. The van der Waals surface area contributed by atoms with Crippen molar-refractivity contribution in [2.45, 2.75) is 37.6 Å². The van der Waals surface area contributed by atoms with E-state index in [1.165, 1.54) is 5.06 Å². The monoisotopic (exact) mass is 163 g/mol. The first kappa shape index (κ1) is 8.31. The Morgan fingerprint density at radius 2 is 2.10 bits per heavy atom. The summed E-state index contributed by atoms with van der Waals surface area (Å²) in [7, 11) is 0. The summed E-state index contributed by atoms with van der Waals surface area (Å²) in [5.41, 5.74) is -0.123. The van der Waals surface area contributed by atoms with Crippen LogP contribution in [0.1, 0.15) is 26.7 Å². The predicted octanol–water partition coefficient (Wildman–Crippen LogP) is 1.86. The highest BCUT2D eigenvalue weighted by Gasteiger charge is 2.49. The standard InChI is InChI=1S/C7H14ClNO/c1-3-7(4-2)6(8)5-9(7)10/h6,10H,3-5H2,1-2H3. The van der Waals surface area contributed by atoms with Gasteiger partial charge in [-0.2, -0.15) is 5.06 Å². The highest BCUT2D eigenvalue weighted by molar-refractivity contribution is 6.22. The molecule has 1 N–H and O–H groups in total. The van der Waals surface area contributed by atoms with E-state index in [0.717, 1.165) is 12.8 Å². The number of hydroxylamine groups is 2. The zero-order valence-electron chi connectivity index (χ0n) is 6.47. The second kappa shape index (κ2) is 2.68. The van der Waals surface area contributed by atoms with Crippen LogP contribution in [0.2, 0.25) is 0 Å². The average Bonchev–Trinajstić information content (AvgIpc) is 1.91. The summed E-state index contributed by atoms with van der Waals surface area (Å²) in [5, 5.41) is 10.8. The minimum atomic E-state index is -0.123. The van der Waals surface area contributed by atoms with Gasteiger partial charge in [0.2, 0.25) is 0 Å². The number of alkyl halides is 1. The van der Waals surface area contributed by atoms with Crippen LogP contribution in [0.3, 0.4) is 0 Å². The maximum atomic E-state index is 9.28. The van der Waals surface area contributed by atoms with Gasteiger partial charge in [-0.3, -0.25) is 0 Å². The van der Waals surface area contributed by atoms with Gasteiger partial charge in [-0.25, -0.2) is 0 Å². The quantitative estimate of drug-likeness (QED) is 0.629. The molecule has 2 nitrogen and oxygen atoms in total. The van der Waals surface area contributed by atoms with Crippen molar-refractivity contribution in [1.82, 2.24) is 5.06 Å². The van der Waals surface area contributed by atoms with Crippen LogP contribution in [-0.2, 0) is 0 Å². The molecule has 0 aromatic rings. The Labute approximate surface area is 66.7 Å². The molecule has 10 heavy (non-hydrogen) atoms. The van der Waals surface area contributed by atoms with Gasteiger partial charge in [-0.15, -0.1) is 11.6 Å². The largest absolute Gasteiger partial charge is 0.313 e. The van der Waals surface area contributed by atoms with Gasteiger partial charge in [0, 0.05) is 6.54 Å². The van der Waals surface area contributed by atoms with E-state index < -0.39 is 0 Å². The van der Waals surface area contributed by atoms with Gasteiger partial charge in [-0.1, -0.05) is 13.8 Å². The van der Waals surface area contributed by atoms with Crippen LogP contribution >= 0.6 is 11.6 Å². The first-order chi connectivity index (χ1) is 4.67. The van der Waals surface area contributed by atoms with Gasteiger partial charge in [-0.05, 0) is 12.8 Å². The molecule has 1 unspecified atom stereocenters. The van der Waals surface area contributed by atoms with Gasteiger partial charge in [0.1, 0.15) is 0 Å². The van der Waals surface area contributed by atoms with E-state index in [1.807, 2.05) is 0 Å². The molecule has 1 aliphatic rings. The van der Waals surface area contributed by atoms with Gasteiger partial charge >= 0.3 is 0 Å². The van der Waals surface area contributed by atoms with E-state index in [4.69, 9.17) is 11.6 Å². The molecule has 60 valence electrons. The van der Waals surface area contributed by atoms with Crippen LogP contribution in [0.5, 0.6) is 0 Å². The lowest BCUT2D eigenvalue weighted by Gasteiger charge is -2.52. The molecule has 1 atom stereocenters. The minimum absolute atomic E-state index is 0.123. The summed E-state index contributed by atoms with van der Waals surface area (Å²) in [6.07, 6.45) is 1.85. The van der Waals surface area contributed by atoms with Crippen LogP contribution in [0.25, 0.3) is 0 Å². The fourth-order valence-corrected chi connectivity index (χ4v) is 2.16. The van der Waals surface area contributed by atoms with E-state index in [-0.39, 0.29) is 10.9 Å². The normalized spacial score (nSPS) is 31.8. The maximum Gasteiger partial charge on any atom is 0.0692 e. The van der Waals surface area contributed by atoms with E-state index in [2.05, 4.69) is 13.8 Å². The SMILES string of the molecule is CCC1(CC)C(Cl)CN1O. The molecule has 0 bridgehead atoms. The summed E-state index contributed by atoms with van der Waals surface area (Å²) in [5.74, 6) is 0. The zero-order chi connectivity index (χ0) is 7.78. The molecule has 0 aromatic heterocycles. The van der Waals surface area contributed by atoms with E-state index in [9.17, 15) is 5.21 Å². The second-order valence-corrected chi connectivity index (χ2v) is 3.39. The predicted molar refractivity (Wildman–Crippen MR) is 41.4 cm³/mol. The van der Waals surface area contributed by atoms with Crippen molar-refractivity contribution >= 4 is 11.6 Å². The molecule has 0 radical (unpaired) electrons. The van der Waals surface area contributed by atoms with Crippen molar-refractivity contribution in [3.8, 4) is 0 Å². The zero-order valence-corrected chi connectivity index (χ0v) is 7.23. The van der Waals surface area contributed by atoms with Crippen molar-refractivity contribution in [2.75, 3.05) is 6.54 Å². The Bertz CT molecular complexity index is 115. The van der Waals surface area contributed by atoms with Crippen LogP contribution in [0.15, 0.2) is 0 Å². The van der Waals surface area contributed by atoms with Gasteiger partial charge in [0.15, 0.2) is 0 Å². The van der Waals surface area contributed by atoms with Crippen LogP contribution in [0.4, 0.5) is 0 Å². The molecule has 3 heteroatoms. The van der Waals surface area contributed by atoms with E-state index in [0.29, 0.717) is 6.54 Å². The highest BCUT2D eigenvalue weighted by atomic mass is 35.5. The highest BCUT2D eigenvalue weighted by Crippen LogP contribution is 2.38. The Morgan fingerprint density at radius 3 is 2.20 bits per heavy atom. The van der Waals surface area contributed by atoms with E-state index in [1.54, 1.807) is 0 Å². The molecule has 0 aliphatic carbocycles. The number of hydrogen-bond acceptors (Lipinski definition) is 2. The molecular weight excluding hydrogens is 150 g/mol. The lowest BCUT2D eigenvalue weighted by atomic mass is 9.81. The smallest absolute Gasteiger partial charge is 0.0692 e. The van der Waals surface area contributed by atoms with Crippen molar-refractivity contribution < 1.29 is 5.21 Å². The van der Waals surface area contributed by atoms with Crippen molar-refractivity contribution in [2.24, 2.45) is 0 Å². The fourth-order valence-electron chi connectivity index (χ4n) is 1.61. The van der Waals surface area contributed by atoms with Crippen molar-refractivity contribution in [3.63, 3.8) is 0 Å². The third-order valence-corrected chi connectivity index (χ3v) is 3.20. The van der Waals surface area contributed by atoms with Crippen molar-refractivity contribution in [1.29, 1.82) is 0 Å². The van der Waals surface area contributed by atoms with Crippen molar-refractivity contribution in [3.05, 3.63) is 0 Å². The third-order valence-electron chi connectivity index (χ3n) is 2.65. The van der Waals surface area contributed by atoms with Gasteiger partial charge in [0.25, 0.3) is 0 Å². The molecule has 1 rings (SSSR count). The lowest BCUT2D eigenvalue weighted by molar-refractivity contribution is -0.234. The molecule has 1 saturated heterocycles. The topological polar surface area (TPSA) is 23.5 Å². The average molecular weight is 164 g/mol. The molecule has 0 saturated carbocycles. The Balaban J connectivity index is 2.61. The van der Waals surface area contributed by atoms with Gasteiger partial charge < -0.3 is 5.21 Å². The second-order valence-electron chi connectivity index (χ2n) is 2.86. The molecule has 0 amide bonds. The first-order valence-corrected chi connectivity index (χ1v) is 4.21. The number of halogens is 1.